The first kappa shape index (κ1) is 20.9. The van der Waals surface area contributed by atoms with Crippen molar-refractivity contribution in [3.63, 3.8) is 0 Å². The van der Waals surface area contributed by atoms with Gasteiger partial charge in [-0.15, -0.1) is 0 Å². The molecule has 150 valence electrons. The third-order valence-corrected chi connectivity index (χ3v) is 5.78. The van der Waals surface area contributed by atoms with Gasteiger partial charge in [-0.25, -0.2) is 9.78 Å². The minimum atomic E-state index is -0.457. The Morgan fingerprint density at radius 2 is 1.70 bits per heavy atom. The van der Waals surface area contributed by atoms with Crippen LogP contribution in [-0.4, -0.2) is 11.0 Å². The molecule has 3 nitrogen and oxygen atoms in total. The molecule has 30 heavy (non-hydrogen) atoms. The molecule has 0 saturated heterocycles. The summed E-state index contributed by atoms with van der Waals surface area (Å²) >= 11 is 15.8. The molecule has 0 atom stereocenters. The van der Waals surface area contributed by atoms with Crippen LogP contribution in [0.1, 0.15) is 21.5 Å². The molecule has 4 rings (SSSR count). The predicted molar refractivity (Wildman–Crippen MR) is 126 cm³/mol. The van der Waals surface area contributed by atoms with E-state index in [0.717, 1.165) is 26.5 Å². The van der Waals surface area contributed by atoms with Crippen LogP contribution in [0.15, 0.2) is 65.1 Å². The summed E-state index contributed by atoms with van der Waals surface area (Å²) in [5, 5.41) is 1.74. The standard InChI is InChI=1S/C24H16BrCl2NO2/c1-13-9-14(2)23-19(10-13)20(24(29)30-17-6-3-15(25)4-7-17)12-22(28-23)18-8-5-16(26)11-21(18)27/h3-12H,1-2H3. The van der Waals surface area contributed by atoms with Crippen LogP contribution in [0.5, 0.6) is 5.75 Å². The van der Waals surface area contributed by atoms with E-state index in [2.05, 4.69) is 15.9 Å². The number of carbonyl (C=O) groups excluding carboxylic acids is 1. The van der Waals surface area contributed by atoms with Gasteiger partial charge in [0.25, 0.3) is 0 Å². The first-order valence-electron chi connectivity index (χ1n) is 9.17. The molecule has 1 heterocycles. The van der Waals surface area contributed by atoms with Crippen molar-refractivity contribution < 1.29 is 9.53 Å². The SMILES string of the molecule is Cc1cc(C)c2nc(-c3ccc(Cl)cc3Cl)cc(C(=O)Oc3ccc(Br)cc3)c2c1. The van der Waals surface area contributed by atoms with E-state index < -0.39 is 5.97 Å². The van der Waals surface area contributed by atoms with Crippen molar-refractivity contribution >= 4 is 56.0 Å². The average molecular weight is 501 g/mol. The van der Waals surface area contributed by atoms with E-state index in [0.29, 0.717) is 32.6 Å². The van der Waals surface area contributed by atoms with Gasteiger partial charge in [0.15, 0.2) is 0 Å². The number of aromatic nitrogens is 1. The van der Waals surface area contributed by atoms with E-state index in [1.54, 1.807) is 36.4 Å². The lowest BCUT2D eigenvalue weighted by atomic mass is 10.00. The number of esters is 1. The van der Waals surface area contributed by atoms with Crippen LogP contribution in [0.3, 0.4) is 0 Å². The molecular weight excluding hydrogens is 485 g/mol. The summed E-state index contributed by atoms with van der Waals surface area (Å²) in [6, 6.07) is 18.0. The van der Waals surface area contributed by atoms with Gasteiger partial charge in [0.2, 0.25) is 0 Å². The maximum absolute atomic E-state index is 13.1. The Morgan fingerprint density at radius 3 is 2.40 bits per heavy atom. The Bertz CT molecular complexity index is 1290. The first-order valence-corrected chi connectivity index (χ1v) is 10.7. The van der Waals surface area contributed by atoms with Crippen LogP contribution < -0.4 is 4.74 Å². The van der Waals surface area contributed by atoms with E-state index >= 15 is 0 Å². The molecule has 0 spiro atoms. The van der Waals surface area contributed by atoms with E-state index in [1.165, 1.54) is 0 Å². The minimum Gasteiger partial charge on any atom is -0.423 e. The Labute approximate surface area is 192 Å². The number of benzene rings is 3. The summed E-state index contributed by atoms with van der Waals surface area (Å²) in [7, 11) is 0. The lowest BCUT2D eigenvalue weighted by Gasteiger charge is -2.13. The molecule has 0 aliphatic heterocycles. The normalized spacial score (nSPS) is 11.0. The monoisotopic (exact) mass is 499 g/mol. The van der Waals surface area contributed by atoms with Gasteiger partial charge >= 0.3 is 5.97 Å². The Kier molecular flexibility index (Phi) is 5.83. The Hall–Kier alpha value is -2.40. The number of hydrogen-bond acceptors (Lipinski definition) is 3. The van der Waals surface area contributed by atoms with Crippen LogP contribution >= 0.6 is 39.1 Å². The number of halogens is 3. The van der Waals surface area contributed by atoms with Crippen LogP contribution in [-0.2, 0) is 0 Å². The second-order valence-corrected chi connectivity index (χ2v) is 8.76. The fourth-order valence-corrected chi connectivity index (χ4v) is 4.12. The van der Waals surface area contributed by atoms with Gasteiger partial charge < -0.3 is 4.74 Å². The fraction of sp³-hybridized carbons (Fsp3) is 0.0833. The number of pyridine rings is 1. The highest BCUT2D eigenvalue weighted by atomic mass is 79.9. The van der Waals surface area contributed by atoms with Crippen LogP contribution in [0.4, 0.5) is 0 Å². The molecule has 0 N–H and O–H groups in total. The first-order chi connectivity index (χ1) is 14.3. The zero-order valence-corrected chi connectivity index (χ0v) is 19.3. The molecule has 0 bridgehead atoms. The largest absolute Gasteiger partial charge is 0.423 e. The third kappa shape index (κ3) is 4.22. The second kappa shape index (κ2) is 8.38. The van der Waals surface area contributed by atoms with Gasteiger partial charge in [0.05, 0.1) is 21.8 Å². The molecule has 0 amide bonds. The highest BCUT2D eigenvalue weighted by molar-refractivity contribution is 9.10. The van der Waals surface area contributed by atoms with Gasteiger partial charge in [-0.1, -0.05) is 50.8 Å². The highest BCUT2D eigenvalue weighted by Gasteiger charge is 2.19. The molecule has 1 aromatic heterocycles. The summed E-state index contributed by atoms with van der Waals surface area (Å²) in [4.78, 5) is 17.9. The zero-order valence-electron chi connectivity index (χ0n) is 16.2. The molecule has 0 aliphatic rings. The number of carbonyl (C=O) groups is 1. The van der Waals surface area contributed by atoms with Crippen molar-refractivity contribution in [2.75, 3.05) is 0 Å². The minimum absolute atomic E-state index is 0.427. The fourth-order valence-electron chi connectivity index (χ4n) is 3.35. The van der Waals surface area contributed by atoms with E-state index in [-0.39, 0.29) is 0 Å². The Morgan fingerprint density at radius 1 is 0.967 bits per heavy atom. The number of hydrogen-bond donors (Lipinski definition) is 0. The molecule has 0 radical (unpaired) electrons. The van der Waals surface area contributed by atoms with Crippen LogP contribution in [0, 0.1) is 13.8 Å². The van der Waals surface area contributed by atoms with Crippen molar-refractivity contribution in [1.29, 1.82) is 0 Å². The van der Waals surface area contributed by atoms with Crippen molar-refractivity contribution in [2.45, 2.75) is 13.8 Å². The summed E-state index contributed by atoms with van der Waals surface area (Å²) in [5.41, 5.74) is 4.44. The number of nitrogens with zero attached hydrogens (tertiary/aromatic N) is 1. The highest BCUT2D eigenvalue weighted by Crippen LogP contribution is 2.33. The van der Waals surface area contributed by atoms with Crippen molar-refractivity contribution in [3.05, 3.63) is 91.9 Å². The Balaban J connectivity index is 1.89. The third-order valence-electron chi connectivity index (χ3n) is 4.70. The lowest BCUT2D eigenvalue weighted by molar-refractivity contribution is 0.0737. The van der Waals surface area contributed by atoms with Gasteiger partial charge in [0, 0.05) is 20.4 Å². The van der Waals surface area contributed by atoms with Crippen molar-refractivity contribution in [1.82, 2.24) is 4.98 Å². The van der Waals surface area contributed by atoms with Crippen molar-refractivity contribution in [2.24, 2.45) is 0 Å². The number of fused-ring (bicyclic) bond motifs is 1. The summed E-state index contributed by atoms with van der Waals surface area (Å²) in [6.45, 7) is 3.96. The molecule has 6 heteroatoms. The van der Waals surface area contributed by atoms with Crippen LogP contribution in [0.2, 0.25) is 10.0 Å². The molecule has 3 aromatic carbocycles. The second-order valence-electron chi connectivity index (χ2n) is 7.00. The lowest BCUT2D eigenvalue weighted by Crippen LogP contribution is -2.10. The molecule has 0 aliphatic carbocycles. The van der Waals surface area contributed by atoms with Crippen molar-refractivity contribution in [3.8, 4) is 17.0 Å². The topological polar surface area (TPSA) is 39.2 Å². The maximum Gasteiger partial charge on any atom is 0.344 e. The molecule has 4 aromatic rings. The van der Waals surface area contributed by atoms with E-state index in [9.17, 15) is 4.79 Å². The maximum atomic E-state index is 13.1. The van der Waals surface area contributed by atoms with E-state index in [4.69, 9.17) is 32.9 Å². The number of aryl methyl sites for hydroxylation is 2. The summed E-state index contributed by atoms with van der Waals surface area (Å²) < 4.78 is 6.55. The van der Waals surface area contributed by atoms with E-state index in [1.807, 2.05) is 38.1 Å². The number of ether oxygens (including phenoxy) is 1. The number of rotatable bonds is 3. The summed E-state index contributed by atoms with van der Waals surface area (Å²) in [5.74, 6) is 0.00433. The summed E-state index contributed by atoms with van der Waals surface area (Å²) in [6.07, 6.45) is 0. The molecule has 0 saturated carbocycles. The molecule has 0 fully saturated rings. The predicted octanol–water partition coefficient (Wildman–Crippen LogP) is 7.81. The van der Waals surface area contributed by atoms with Crippen LogP contribution in [0.25, 0.3) is 22.2 Å². The van der Waals surface area contributed by atoms with Gasteiger partial charge in [-0.3, -0.25) is 0 Å². The average Bonchev–Trinajstić information content (AvgIpc) is 2.69. The van der Waals surface area contributed by atoms with Gasteiger partial charge in [0.1, 0.15) is 5.75 Å². The zero-order chi connectivity index (χ0) is 21.4. The smallest absolute Gasteiger partial charge is 0.344 e. The molecule has 0 unspecified atom stereocenters. The quantitative estimate of drug-likeness (QED) is 0.212. The van der Waals surface area contributed by atoms with Gasteiger partial charge in [-0.2, -0.15) is 0 Å². The van der Waals surface area contributed by atoms with Gasteiger partial charge in [-0.05, 0) is 74.0 Å². The molecular formula is C24H16BrCl2NO2.